The number of para-hydroxylation sites is 1. The summed E-state index contributed by atoms with van der Waals surface area (Å²) in [6, 6.07) is 20.3. The van der Waals surface area contributed by atoms with Crippen molar-refractivity contribution in [2.24, 2.45) is 7.05 Å². The molecule has 0 amide bonds. The molecule has 1 heterocycles. The van der Waals surface area contributed by atoms with Gasteiger partial charge in [0.15, 0.2) is 0 Å². The van der Waals surface area contributed by atoms with Crippen molar-refractivity contribution in [1.29, 1.82) is 0 Å². The highest BCUT2D eigenvalue weighted by Crippen LogP contribution is 2.34. The van der Waals surface area contributed by atoms with Gasteiger partial charge in [0, 0.05) is 31.7 Å². The zero-order valence-electron chi connectivity index (χ0n) is 17.7. The molecule has 0 bridgehead atoms. The Morgan fingerprint density at radius 2 is 1.66 bits per heavy atom. The maximum absolute atomic E-state index is 10.0. The van der Waals surface area contributed by atoms with Gasteiger partial charge < -0.3 is 9.84 Å². The lowest BCUT2D eigenvalue weighted by Crippen LogP contribution is -2.37. The fraction of sp³-hybridized carbons (Fsp3) is 0.375. The Labute approximate surface area is 173 Å². The summed E-state index contributed by atoms with van der Waals surface area (Å²) in [5, 5.41) is 14.8. The topological polar surface area (TPSA) is 50.5 Å². The fourth-order valence-electron chi connectivity index (χ4n) is 3.45. The summed E-state index contributed by atoms with van der Waals surface area (Å²) in [6.45, 7) is 7.45. The normalized spacial score (nSPS) is 13.4. The summed E-state index contributed by atoms with van der Waals surface area (Å²) in [7, 11) is 1.91. The molecule has 0 spiro atoms. The van der Waals surface area contributed by atoms with Crippen molar-refractivity contribution in [3.05, 3.63) is 66.2 Å². The maximum atomic E-state index is 10.0. The zero-order chi connectivity index (χ0) is 20.8. The molecule has 0 saturated heterocycles. The van der Waals surface area contributed by atoms with Crippen LogP contribution >= 0.6 is 0 Å². The van der Waals surface area contributed by atoms with Gasteiger partial charge in [-0.1, -0.05) is 55.5 Å². The Bertz CT molecular complexity index is 891. The van der Waals surface area contributed by atoms with Crippen molar-refractivity contribution in [3.63, 3.8) is 0 Å². The van der Waals surface area contributed by atoms with E-state index in [4.69, 9.17) is 9.84 Å². The Hall–Kier alpha value is -2.63. The first-order chi connectivity index (χ1) is 14.0. The van der Waals surface area contributed by atoms with Crippen LogP contribution in [0.5, 0.6) is 11.6 Å². The van der Waals surface area contributed by atoms with Gasteiger partial charge in [-0.15, -0.1) is 0 Å². The summed E-state index contributed by atoms with van der Waals surface area (Å²) < 4.78 is 8.08. The third kappa shape index (κ3) is 5.25. The van der Waals surface area contributed by atoms with Gasteiger partial charge in [0.05, 0.1) is 11.7 Å². The van der Waals surface area contributed by atoms with E-state index in [0.29, 0.717) is 19.1 Å². The minimum atomic E-state index is -0.403. The second kappa shape index (κ2) is 9.72. The zero-order valence-corrected chi connectivity index (χ0v) is 17.7. The van der Waals surface area contributed by atoms with Gasteiger partial charge >= 0.3 is 0 Å². The van der Waals surface area contributed by atoms with Crippen LogP contribution in [0.15, 0.2) is 60.7 Å². The van der Waals surface area contributed by atoms with Crippen LogP contribution in [0.3, 0.4) is 0 Å². The Kier molecular flexibility index (Phi) is 7.07. The van der Waals surface area contributed by atoms with Crippen molar-refractivity contribution in [2.75, 3.05) is 6.54 Å². The van der Waals surface area contributed by atoms with E-state index < -0.39 is 6.10 Å². The first kappa shape index (κ1) is 21.1. The molecule has 2 unspecified atom stereocenters. The van der Waals surface area contributed by atoms with Gasteiger partial charge in [-0.3, -0.25) is 4.90 Å². The molecule has 2 aromatic carbocycles. The lowest BCUT2D eigenvalue weighted by atomic mass is 10.1. The fourth-order valence-corrected chi connectivity index (χ4v) is 3.45. The second-order valence-electron chi connectivity index (χ2n) is 7.57. The van der Waals surface area contributed by atoms with Crippen LogP contribution in [0.2, 0.25) is 0 Å². The summed E-state index contributed by atoms with van der Waals surface area (Å²) >= 11 is 0. The first-order valence-electron chi connectivity index (χ1n) is 10.3. The highest BCUT2D eigenvalue weighted by atomic mass is 16.5. The van der Waals surface area contributed by atoms with E-state index >= 15 is 0 Å². The molecular weight excluding hydrogens is 362 g/mol. The molecule has 0 aliphatic heterocycles. The molecular formula is C24H31N3O2. The van der Waals surface area contributed by atoms with Crippen LogP contribution in [0.1, 0.15) is 32.8 Å². The monoisotopic (exact) mass is 393 g/mol. The van der Waals surface area contributed by atoms with Crippen molar-refractivity contribution in [1.82, 2.24) is 14.7 Å². The molecule has 0 aliphatic rings. The van der Waals surface area contributed by atoms with Gasteiger partial charge in [-0.05, 0) is 32.4 Å². The van der Waals surface area contributed by atoms with E-state index in [1.807, 2.05) is 67.2 Å². The van der Waals surface area contributed by atoms with E-state index in [9.17, 15) is 5.11 Å². The second-order valence-corrected chi connectivity index (χ2v) is 7.57. The van der Waals surface area contributed by atoms with Crippen LogP contribution in [-0.4, -0.2) is 38.5 Å². The first-order valence-corrected chi connectivity index (χ1v) is 10.3. The van der Waals surface area contributed by atoms with Gasteiger partial charge in [-0.25, -0.2) is 4.68 Å². The lowest BCUT2D eigenvalue weighted by Gasteiger charge is -2.29. The molecule has 1 N–H and O–H groups in total. The minimum absolute atomic E-state index is 0.331. The molecule has 5 nitrogen and oxygen atoms in total. The summed E-state index contributed by atoms with van der Waals surface area (Å²) in [5.41, 5.74) is 3.00. The Balaban J connectivity index is 2.05. The molecule has 3 rings (SSSR count). The van der Waals surface area contributed by atoms with Gasteiger partial charge in [0.25, 0.3) is 0 Å². The predicted molar refractivity (Wildman–Crippen MR) is 117 cm³/mol. The quantitative estimate of drug-likeness (QED) is 0.564. The van der Waals surface area contributed by atoms with E-state index in [1.165, 1.54) is 0 Å². The smallest absolute Gasteiger partial charge is 0.222 e. The number of hydrogen-bond acceptors (Lipinski definition) is 4. The molecule has 29 heavy (non-hydrogen) atoms. The van der Waals surface area contributed by atoms with Crippen LogP contribution in [0.25, 0.3) is 11.3 Å². The van der Waals surface area contributed by atoms with Crippen molar-refractivity contribution in [2.45, 2.75) is 45.9 Å². The standard InChI is InChI=1S/C24H31N3O2/c1-5-18(2)27(16-19(3)28)17-22-23(20-12-8-6-9-13-20)25-26(4)24(22)29-21-14-10-7-11-15-21/h6-15,18-19,28H,5,16-17H2,1-4H3. The van der Waals surface area contributed by atoms with E-state index in [2.05, 4.69) is 30.9 Å². The highest BCUT2D eigenvalue weighted by molar-refractivity contribution is 5.65. The number of aliphatic hydroxyl groups excluding tert-OH is 1. The van der Waals surface area contributed by atoms with E-state index in [1.54, 1.807) is 0 Å². The molecule has 0 aliphatic carbocycles. The van der Waals surface area contributed by atoms with Crippen LogP contribution in [-0.2, 0) is 13.6 Å². The van der Waals surface area contributed by atoms with Crippen molar-refractivity contribution in [3.8, 4) is 22.9 Å². The number of aliphatic hydroxyl groups is 1. The molecule has 0 radical (unpaired) electrons. The largest absolute Gasteiger partial charge is 0.439 e. The Morgan fingerprint density at radius 3 is 2.24 bits per heavy atom. The predicted octanol–water partition coefficient (Wildman–Crippen LogP) is 4.86. The Morgan fingerprint density at radius 1 is 1.03 bits per heavy atom. The average molecular weight is 394 g/mol. The maximum Gasteiger partial charge on any atom is 0.222 e. The summed E-state index contributed by atoms with van der Waals surface area (Å²) in [4.78, 5) is 2.30. The van der Waals surface area contributed by atoms with Crippen LogP contribution < -0.4 is 4.74 Å². The molecule has 3 aromatic rings. The van der Waals surface area contributed by atoms with E-state index in [0.717, 1.165) is 34.9 Å². The molecule has 0 fully saturated rings. The summed E-state index contributed by atoms with van der Waals surface area (Å²) in [5.74, 6) is 1.51. The SMILES string of the molecule is CCC(C)N(Cc1c(-c2ccccc2)nn(C)c1Oc1ccccc1)CC(C)O. The van der Waals surface area contributed by atoms with Crippen molar-refractivity contribution < 1.29 is 9.84 Å². The number of rotatable bonds is 9. The summed E-state index contributed by atoms with van der Waals surface area (Å²) in [6.07, 6.45) is 0.599. The van der Waals surface area contributed by atoms with Crippen LogP contribution in [0.4, 0.5) is 0 Å². The van der Waals surface area contributed by atoms with Gasteiger partial charge in [-0.2, -0.15) is 5.10 Å². The highest BCUT2D eigenvalue weighted by Gasteiger charge is 2.24. The third-order valence-electron chi connectivity index (χ3n) is 5.17. The minimum Gasteiger partial charge on any atom is -0.439 e. The van der Waals surface area contributed by atoms with Crippen LogP contribution in [0, 0.1) is 0 Å². The molecule has 2 atom stereocenters. The molecule has 154 valence electrons. The molecule has 0 saturated carbocycles. The number of ether oxygens (including phenoxy) is 1. The van der Waals surface area contributed by atoms with Crippen molar-refractivity contribution >= 4 is 0 Å². The number of aryl methyl sites for hydroxylation is 1. The molecule has 5 heteroatoms. The lowest BCUT2D eigenvalue weighted by molar-refractivity contribution is 0.0956. The average Bonchev–Trinajstić information content (AvgIpc) is 3.03. The number of hydrogen-bond donors (Lipinski definition) is 1. The number of benzene rings is 2. The number of nitrogens with zero attached hydrogens (tertiary/aromatic N) is 3. The van der Waals surface area contributed by atoms with E-state index in [-0.39, 0.29) is 0 Å². The van der Waals surface area contributed by atoms with Gasteiger partial charge in [0.1, 0.15) is 11.4 Å². The number of aromatic nitrogens is 2. The third-order valence-corrected chi connectivity index (χ3v) is 5.17. The molecule has 1 aromatic heterocycles. The van der Waals surface area contributed by atoms with Gasteiger partial charge in [0.2, 0.25) is 5.88 Å².